The molecule has 0 aliphatic heterocycles. The number of amides is 1. The van der Waals surface area contributed by atoms with Gasteiger partial charge < -0.3 is 14.2 Å². The first-order valence-electron chi connectivity index (χ1n) is 5.63. The summed E-state index contributed by atoms with van der Waals surface area (Å²) in [5.41, 5.74) is 0. The van der Waals surface area contributed by atoms with Crippen LogP contribution in [0.25, 0.3) is 0 Å². The Hall–Kier alpha value is -1.14. The van der Waals surface area contributed by atoms with Crippen molar-refractivity contribution in [2.75, 3.05) is 0 Å². The lowest BCUT2D eigenvalue weighted by Crippen LogP contribution is -2.53. The minimum atomic E-state index is -1.73. The smallest absolute Gasteiger partial charge is 0.288 e. The number of nitrogens with one attached hydrogen (secondary N) is 2. The van der Waals surface area contributed by atoms with E-state index < -0.39 is 15.9 Å². The van der Waals surface area contributed by atoms with Crippen molar-refractivity contribution in [3.05, 3.63) is 48.3 Å². The van der Waals surface area contributed by atoms with Gasteiger partial charge in [-0.25, -0.2) is 0 Å². The number of hydrogen-bond acceptors (Lipinski definition) is 4. The molecule has 0 aromatic carbocycles. The number of carbonyl (C=O) groups is 1. The summed E-state index contributed by atoms with van der Waals surface area (Å²) in [6.07, 6.45) is 2.01. The third-order valence-electron chi connectivity index (χ3n) is 2.41. The van der Waals surface area contributed by atoms with Crippen molar-refractivity contribution in [1.82, 2.24) is 10.6 Å². The van der Waals surface area contributed by atoms with Crippen molar-refractivity contribution < 1.29 is 13.6 Å². The SMILES string of the molecule is O=C(NC(NCc1ccco1)C(Cl)(Cl)Cl)c1ccco1. The standard InChI is InChI=1S/C12H11Cl3N2O3/c13-12(14,15)11(16-7-8-3-1-5-19-8)17-10(18)9-4-2-6-20-9/h1-6,11,16H,7H2,(H,17,18). The lowest BCUT2D eigenvalue weighted by molar-refractivity contribution is 0.0900. The minimum absolute atomic E-state index is 0.129. The molecule has 0 saturated heterocycles. The monoisotopic (exact) mass is 336 g/mol. The number of furan rings is 2. The summed E-state index contributed by atoms with van der Waals surface area (Å²) in [6.45, 7) is 0.296. The molecule has 0 spiro atoms. The van der Waals surface area contributed by atoms with Crippen LogP contribution in [0.1, 0.15) is 16.3 Å². The van der Waals surface area contributed by atoms with Gasteiger partial charge in [0.05, 0.1) is 19.1 Å². The van der Waals surface area contributed by atoms with Crippen molar-refractivity contribution in [3.63, 3.8) is 0 Å². The van der Waals surface area contributed by atoms with Crippen LogP contribution in [-0.4, -0.2) is 15.9 Å². The normalized spacial score (nSPS) is 13.2. The van der Waals surface area contributed by atoms with Crippen LogP contribution in [-0.2, 0) is 6.54 Å². The Kier molecular flexibility index (Phi) is 4.99. The van der Waals surface area contributed by atoms with E-state index in [1.165, 1.54) is 18.6 Å². The Morgan fingerprint density at radius 1 is 1.20 bits per heavy atom. The second-order valence-corrected chi connectivity index (χ2v) is 6.25. The molecule has 0 bridgehead atoms. The quantitative estimate of drug-likeness (QED) is 0.650. The van der Waals surface area contributed by atoms with E-state index in [1.54, 1.807) is 18.2 Å². The van der Waals surface area contributed by atoms with Crippen molar-refractivity contribution in [2.45, 2.75) is 16.5 Å². The number of rotatable bonds is 5. The first-order chi connectivity index (χ1) is 9.47. The summed E-state index contributed by atoms with van der Waals surface area (Å²) < 4.78 is 8.40. The van der Waals surface area contributed by atoms with E-state index in [0.29, 0.717) is 12.3 Å². The third-order valence-corrected chi connectivity index (χ3v) is 3.06. The second kappa shape index (κ2) is 6.54. The topological polar surface area (TPSA) is 67.4 Å². The van der Waals surface area contributed by atoms with Crippen molar-refractivity contribution in [1.29, 1.82) is 0 Å². The molecule has 2 N–H and O–H groups in total. The molecule has 2 rings (SSSR count). The summed E-state index contributed by atoms with van der Waals surface area (Å²) in [4.78, 5) is 11.9. The molecule has 1 amide bonds. The molecule has 1 atom stereocenters. The number of alkyl halides is 3. The maximum atomic E-state index is 11.9. The molecule has 0 fully saturated rings. The second-order valence-electron chi connectivity index (χ2n) is 3.89. The van der Waals surface area contributed by atoms with Crippen LogP contribution >= 0.6 is 34.8 Å². The largest absolute Gasteiger partial charge is 0.468 e. The zero-order valence-electron chi connectivity index (χ0n) is 10.1. The number of carbonyl (C=O) groups excluding carboxylic acids is 1. The lowest BCUT2D eigenvalue weighted by Gasteiger charge is -2.25. The van der Waals surface area contributed by atoms with Gasteiger partial charge in [-0.15, -0.1) is 0 Å². The summed E-state index contributed by atoms with van der Waals surface area (Å²) in [6, 6.07) is 6.60. The van der Waals surface area contributed by atoms with Crippen LogP contribution < -0.4 is 10.6 Å². The van der Waals surface area contributed by atoms with E-state index in [9.17, 15) is 4.79 Å². The van der Waals surface area contributed by atoms with E-state index in [2.05, 4.69) is 10.6 Å². The predicted octanol–water partition coefficient (Wildman–Crippen LogP) is 3.09. The fourth-order valence-electron chi connectivity index (χ4n) is 1.47. The van der Waals surface area contributed by atoms with E-state index in [-0.39, 0.29) is 5.76 Å². The molecular formula is C12H11Cl3N2O3. The Balaban J connectivity index is 1.99. The highest BCUT2D eigenvalue weighted by atomic mass is 35.6. The Labute approximate surface area is 130 Å². The Morgan fingerprint density at radius 2 is 1.90 bits per heavy atom. The maximum Gasteiger partial charge on any atom is 0.288 e. The molecule has 2 aromatic heterocycles. The molecule has 5 nitrogen and oxygen atoms in total. The van der Waals surface area contributed by atoms with E-state index in [4.69, 9.17) is 43.6 Å². The van der Waals surface area contributed by atoms with Gasteiger partial charge in [-0.2, -0.15) is 0 Å². The lowest BCUT2D eigenvalue weighted by atomic mass is 10.4. The maximum absolute atomic E-state index is 11.9. The van der Waals surface area contributed by atoms with Gasteiger partial charge in [0, 0.05) is 0 Å². The summed E-state index contributed by atoms with van der Waals surface area (Å²) >= 11 is 17.5. The highest BCUT2D eigenvalue weighted by Gasteiger charge is 2.34. The van der Waals surface area contributed by atoms with Gasteiger partial charge in [0.1, 0.15) is 11.9 Å². The fraction of sp³-hybridized carbons (Fsp3) is 0.250. The van der Waals surface area contributed by atoms with Gasteiger partial charge in [0.2, 0.25) is 3.79 Å². The molecule has 0 aliphatic rings. The van der Waals surface area contributed by atoms with Crippen LogP contribution in [0.3, 0.4) is 0 Å². The van der Waals surface area contributed by atoms with Crippen LogP contribution in [0.5, 0.6) is 0 Å². The molecule has 8 heteroatoms. The Bertz CT molecular complexity index is 535. The molecular weight excluding hydrogens is 327 g/mol. The first kappa shape index (κ1) is 15.3. The van der Waals surface area contributed by atoms with Gasteiger partial charge in [-0.3, -0.25) is 10.1 Å². The zero-order chi connectivity index (χ0) is 14.6. The van der Waals surface area contributed by atoms with E-state index in [1.807, 2.05) is 0 Å². The van der Waals surface area contributed by atoms with Gasteiger partial charge >= 0.3 is 0 Å². The van der Waals surface area contributed by atoms with Crippen molar-refractivity contribution in [3.8, 4) is 0 Å². The molecule has 0 aliphatic carbocycles. The average Bonchev–Trinajstić information content (AvgIpc) is 3.04. The van der Waals surface area contributed by atoms with Gasteiger partial charge in [0.15, 0.2) is 5.76 Å². The number of hydrogen-bond donors (Lipinski definition) is 2. The van der Waals surface area contributed by atoms with Crippen molar-refractivity contribution in [2.24, 2.45) is 0 Å². The molecule has 1 unspecified atom stereocenters. The zero-order valence-corrected chi connectivity index (χ0v) is 12.4. The summed E-state index contributed by atoms with van der Waals surface area (Å²) in [5, 5.41) is 5.43. The Morgan fingerprint density at radius 3 is 2.45 bits per heavy atom. The molecule has 2 aromatic rings. The van der Waals surface area contributed by atoms with E-state index >= 15 is 0 Å². The molecule has 0 radical (unpaired) electrons. The van der Waals surface area contributed by atoms with Crippen LogP contribution in [0.4, 0.5) is 0 Å². The van der Waals surface area contributed by atoms with Crippen LogP contribution in [0.2, 0.25) is 0 Å². The molecule has 0 saturated carbocycles. The highest BCUT2D eigenvalue weighted by molar-refractivity contribution is 6.68. The predicted molar refractivity (Wildman–Crippen MR) is 75.8 cm³/mol. The number of halogens is 3. The van der Waals surface area contributed by atoms with E-state index in [0.717, 1.165) is 0 Å². The van der Waals surface area contributed by atoms with Gasteiger partial charge in [0.25, 0.3) is 5.91 Å². The van der Waals surface area contributed by atoms with Crippen molar-refractivity contribution >= 4 is 40.7 Å². The highest BCUT2D eigenvalue weighted by Crippen LogP contribution is 2.29. The van der Waals surface area contributed by atoms with Gasteiger partial charge in [-0.05, 0) is 24.3 Å². The van der Waals surface area contributed by atoms with Gasteiger partial charge in [-0.1, -0.05) is 34.8 Å². The average molecular weight is 338 g/mol. The third kappa shape index (κ3) is 4.18. The molecule has 20 heavy (non-hydrogen) atoms. The molecule has 108 valence electrons. The molecule has 2 heterocycles. The summed E-state index contributed by atoms with van der Waals surface area (Å²) in [7, 11) is 0. The first-order valence-corrected chi connectivity index (χ1v) is 6.77. The fourth-order valence-corrected chi connectivity index (χ4v) is 1.87. The van der Waals surface area contributed by atoms with Crippen LogP contribution in [0.15, 0.2) is 45.6 Å². The minimum Gasteiger partial charge on any atom is -0.468 e. The summed E-state index contributed by atoms with van der Waals surface area (Å²) in [5.74, 6) is 0.291. The van der Waals surface area contributed by atoms with Crippen LogP contribution in [0, 0.1) is 0 Å².